The molecule has 0 aliphatic carbocycles. The lowest BCUT2D eigenvalue weighted by Crippen LogP contribution is -1.88. The first kappa shape index (κ1) is 33.0. The quantitative estimate of drug-likeness (QED) is 0.0843. The molecule has 9 aromatic rings. The molecule has 0 N–H and O–H groups in total. The summed E-state index contributed by atoms with van der Waals surface area (Å²) in [6.45, 7) is 4.57. The highest BCUT2D eigenvalue weighted by atomic mass is 16.3. The van der Waals surface area contributed by atoms with Gasteiger partial charge in [-0.2, -0.15) is 0 Å². The second kappa shape index (κ2) is 14.3. The highest BCUT2D eigenvalue weighted by molar-refractivity contribution is 6.34. The summed E-state index contributed by atoms with van der Waals surface area (Å²) in [7, 11) is 0. The Labute approximate surface area is 306 Å². The van der Waals surface area contributed by atoms with Crippen LogP contribution in [0.2, 0.25) is 0 Å². The van der Waals surface area contributed by atoms with Crippen LogP contribution in [0.5, 0.6) is 0 Å². The third-order valence-electron chi connectivity index (χ3n) is 11.8. The number of aryl methyl sites for hydroxylation is 2. The van der Waals surface area contributed by atoms with E-state index in [0.29, 0.717) is 0 Å². The van der Waals surface area contributed by atoms with Gasteiger partial charge < -0.3 is 8.83 Å². The SMILES string of the molecule is CCCCCCCCc1ccc2c(c1)c1ccccc1c1c3cc4oc5c6ccc(CCCCCCCC)cc6c6ccccc6c5c4cc3oc21. The first-order valence-electron chi connectivity index (χ1n) is 20.2. The van der Waals surface area contributed by atoms with Gasteiger partial charge in [0.25, 0.3) is 0 Å². The maximum atomic E-state index is 6.92. The minimum Gasteiger partial charge on any atom is -0.455 e. The smallest absolute Gasteiger partial charge is 0.143 e. The van der Waals surface area contributed by atoms with E-state index in [4.69, 9.17) is 8.83 Å². The van der Waals surface area contributed by atoms with Gasteiger partial charge in [0.15, 0.2) is 0 Å². The van der Waals surface area contributed by atoms with Crippen LogP contribution in [-0.2, 0) is 12.8 Å². The fourth-order valence-electron chi connectivity index (χ4n) is 9.03. The molecule has 52 heavy (non-hydrogen) atoms. The van der Waals surface area contributed by atoms with Crippen LogP contribution in [-0.4, -0.2) is 0 Å². The van der Waals surface area contributed by atoms with Gasteiger partial charge >= 0.3 is 0 Å². The van der Waals surface area contributed by atoms with Gasteiger partial charge in [-0.3, -0.25) is 0 Å². The Hall–Kier alpha value is -4.82. The van der Waals surface area contributed by atoms with Crippen LogP contribution in [0.25, 0.3) is 87.0 Å². The zero-order chi connectivity index (χ0) is 35.0. The molecule has 0 aliphatic rings. The summed E-state index contributed by atoms with van der Waals surface area (Å²) in [6.07, 6.45) is 18.1. The lowest BCUT2D eigenvalue weighted by Gasteiger charge is -2.09. The molecule has 0 atom stereocenters. The average Bonchev–Trinajstić information content (AvgIpc) is 3.75. The molecule has 2 aromatic heterocycles. The molecule has 2 nitrogen and oxygen atoms in total. The number of furan rings is 2. The van der Waals surface area contributed by atoms with Crippen LogP contribution in [0.1, 0.15) is 102 Å². The molecule has 0 saturated heterocycles. The van der Waals surface area contributed by atoms with Gasteiger partial charge in [-0.1, -0.05) is 163 Å². The van der Waals surface area contributed by atoms with Gasteiger partial charge in [-0.05, 0) is 81.3 Å². The Morgan fingerprint density at radius 3 is 1.19 bits per heavy atom. The van der Waals surface area contributed by atoms with Gasteiger partial charge in [0.1, 0.15) is 22.3 Å². The normalized spacial score (nSPS) is 12.3. The summed E-state index contributed by atoms with van der Waals surface area (Å²) in [5.41, 5.74) is 6.61. The summed E-state index contributed by atoms with van der Waals surface area (Å²) in [6, 6.07) is 36.3. The molecule has 2 heterocycles. The van der Waals surface area contributed by atoms with Crippen LogP contribution < -0.4 is 0 Å². The largest absolute Gasteiger partial charge is 0.455 e. The predicted molar refractivity (Wildman–Crippen MR) is 225 cm³/mol. The molecule has 0 spiro atoms. The summed E-state index contributed by atoms with van der Waals surface area (Å²) in [5.74, 6) is 0. The standard InChI is InChI=1S/C50H50O2/c1-3-5-7-9-11-13-19-33-25-27-39-41(29-33)35-21-15-17-23-37(35)47-43-31-46-44(32-45(43)51-49(39)47)48-38-24-18-16-22-36(38)42-30-34(20-14-12-10-8-6-4-2)26-28-40(42)50(48)52-46/h15-18,21-32H,3-14,19-20H2,1-2H3. The fraction of sp³-hybridized carbons (Fsp3) is 0.320. The van der Waals surface area contributed by atoms with Crippen LogP contribution in [0.3, 0.4) is 0 Å². The Bertz CT molecular complexity index is 2530. The summed E-state index contributed by atoms with van der Waals surface area (Å²) in [5, 5.41) is 14.6. The molecule has 0 fully saturated rings. The first-order valence-corrected chi connectivity index (χ1v) is 20.2. The van der Waals surface area contributed by atoms with Crippen LogP contribution in [0.4, 0.5) is 0 Å². The van der Waals surface area contributed by atoms with Crippen molar-refractivity contribution in [3.8, 4) is 0 Å². The Balaban J connectivity index is 1.16. The molecule has 9 rings (SSSR count). The third kappa shape index (κ3) is 5.81. The second-order valence-corrected chi connectivity index (χ2v) is 15.3. The molecule has 0 bridgehead atoms. The van der Waals surface area contributed by atoms with E-state index in [0.717, 1.165) is 45.9 Å². The number of hydrogen-bond acceptors (Lipinski definition) is 2. The van der Waals surface area contributed by atoms with Gasteiger partial charge in [0.05, 0.1) is 0 Å². The molecule has 0 aliphatic heterocycles. The Morgan fingerprint density at radius 2 is 0.750 bits per heavy atom. The molecule has 0 amide bonds. The van der Waals surface area contributed by atoms with E-state index in [-0.39, 0.29) is 0 Å². The molecule has 7 aromatic carbocycles. The monoisotopic (exact) mass is 682 g/mol. The molecular formula is C50H50O2. The zero-order valence-corrected chi connectivity index (χ0v) is 31.0. The molecule has 0 radical (unpaired) electrons. The van der Waals surface area contributed by atoms with Gasteiger partial charge in [0, 0.05) is 32.3 Å². The summed E-state index contributed by atoms with van der Waals surface area (Å²) in [4.78, 5) is 0. The number of hydrogen-bond donors (Lipinski definition) is 0. The van der Waals surface area contributed by atoms with Crippen molar-refractivity contribution in [2.45, 2.75) is 104 Å². The maximum absolute atomic E-state index is 6.92. The Kier molecular flexibility index (Phi) is 9.09. The van der Waals surface area contributed by atoms with E-state index in [1.54, 1.807) is 0 Å². The Morgan fingerprint density at radius 1 is 0.346 bits per heavy atom. The molecule has 262 valence electrons. The van der Waals surface area contributed by atoms with Crippen molar-refractivity contribution in [2.24, 2.45) is 0 Å². The van der Waals surface area contributed by atoms with Crippen molar-refractivity contribution < 1.29 is 8.83 Å². The van der Waals surface area contributed by atoms with Crippen molar-refractivity contribution in [2.75, 3.05) is 0 Å². The number of fused-ring (bicyclic) bond motifs is 16. The predicted octanol–water partition coefficient (Wildman–Crippen LogP) is 15.9. The topological polar surface area (TPSA) is 26.3 Å². The second-order valence-electron chi connectivity index (χ2n) is 15.3. The van der Waals surface area contributed by atoms with E-state index >= 15 is 0 Å². The number of unbranched alkanes of at least 4 members (excludes halogenated alkanes) is 10. The van der Waals surface area contributed by atoms with E-state index in [1.807, 2.05) is 0 Å². The molecule has 0 unspecified atom stereocenters. The summed E-state index contributed by atoms with van der Waals surface area (Å²) < 4.78 is 13.8. The lowest BCUT2D eigenvalue weighted by molar-refractivity contribution is 0.607. The van der Waals surface area contributed by atoms with Gasteiger partial charge in [0.2, 0.25) is 0 Å². The number of rotatable bonds is 14. The highest BCUT2D eigenvalue weighted by Crippen LogP contribution is 2.46. The average molecular weight is 683 g/mol. The minimum absolute atomic E-state index is 0.914. The number of benzene rings is 7. The third-order valence-corrected chi connectivity index (χ3v) is 11.8. The fourth-order valence-corrected chi connectivity index (χ4v) is 9.03. The maximum Gasteiger partial charge on any atom is 0.143 e. The van der Waals surface area contributed by atoms with E-state index in [1.165, 1.54) is 142 Å². The lowest BCUT2D eigenvalue weighted by atomic mass is 9.93. The molecule has 2 heteroatoms. The van der Waals surface area contributed by atoms with Crippen molar-refractivity contribution >= 4 is 87.0 Å². The van der Waals surface area contributed by atoms with Crippen molar-refractivity contribution in [3.05, 3.63) is 108 Å². The molecular weight excluding hydrogens is 633 g/mol. The van der Waals surface area contributed by atoms with E-state index in [2.05, 4.69) is 111 Å². The van der Waals surface area contributed by atoms with Crippen molar-refractivity contribution in [1.82, 2.24) is 0 Å². The van der Waals surface area contributed by atoms with Crippen molar-refractivity contribution in [1.29, 1.82) is 0 Å². The van der Waals surface area contributed by atoms with Crippen molar-refractivity contribution in [3.63, 3.8) is 0 Å². The van der Waals surface area contributed by atoms with Gasteiger partial charge in [-0.15, -0.1) is 0 Å². The molecule has 0 saturated carbocycles. The first-order chi connectivity index (χ1) is 25.7. The van der Waals surface area contributed by atoms with E-state index < -0.39 is 0 Å². The van der Waals surface area contributed by atoms with Crippen LogP contribution in [0, 0.1) is 0 Å². The highest BCUT2D eigenvalue weighted by Gasteiger charge is 2.21. The van der Waals surface area contributed by atoms with Crippen LogP contribution >= 0.6 is 0 Å². The van der Waals surface area contributed by atoms with Crippen LogP contribution in [0.15, 0.2) is 106 Å². The zero-order valence-electron chi connectivity index (χ0n) is 31.0. The summed E-state index contributed by atoms with van der Waals surface area (Å²) >= 11 is 0. The minimum atomic E-state index is 0.914. The van der Waals surface area contributed by atoms with Gasteiger partial charge in [-0.25, -0.2) is 0 Å². The van der Waals surface area contributed by atoms with E-state index in [9.17, 15) is 0 Å².